The van der Waals surface area contributed by atoms with Crippen molar-refractivity contribution in [1.29, 1.82) is 0 Å². The highest BCUT2D eigenvalue weighted by atomic mass is 16.6. The maximum Gasteiger partial charge on any atom is 0.344 e. The van der Waals surface area contributed by atoms with E-state index in [1.165, 1.54) is 0 Å². The van der Waals surface area contributed by atoms with Gasteiger partial charge in [0, 0.05) is 11.8 Å². The van der Waals surface area contributed by atoms with Gasteiger partial charge >= 0.3 is 5.97 Å². The van der Waals surface area contributed by atoms with E-state index in [0.29, 0.717) is 23.8 Å². The summed E-state index contributed by atoms with van der Waals surface area (Å²) in [4.78, 5) is 23.9. The largest absolute Gasteiger partial charge is 0.485 e. The zero-order valence-corrected chi connectivity index (χ0v) is 17.8. The number of esters is 1. The predicted molar refractivity (Wildman–Crippen MR) is 115 cm³/mol. The van der Waals surface area contributed by atoms with Gasteiger partial charge in [-0.25, -0.2) is 4.79 Å². The lowest BCUT2D eigenvalue weighted by Crippen LogP contribution is -2.15. The number of benzene rings is 2. The van der Waals surface area contributed by atoms with Crippen LogP contribution < -0.4 is 14.8 Å². The number of rotatable bonds is 9. The Morgan fingerprint density at radius 2 is 1.84 bits per heavy atom. The average Bonchev–Trinajstić information content (AvgIpc) is 3.21. The third-order valence-corrected chi connectivity index (χ3v) is 4.34. The summed E-state index contributed by atoms with van der Waals surface area (Å²) >= 11 is 0. The van der Waals surface area contributed by atoms with E-state index in [0.717, 1.165) is 16.9 Å². The second-order valence-corrected chi connectivity index (χ2v) is 6.90. The zero-order valence-electron chi connectivity index (χ0n) is 17.8. The van der Waals surface area contributed by atoms with Gasteiger partial charge < -0.3 is 23.9 Å². The molecule has 0 aliphatic rings. The fraction of sp³-hybridized carbons (Fsp3) is 0.250. The Labute approximate surface area is 180 Å². The van der Waals surface area contributed by atoms with Crippen LogP contribution in [-0.4, -0.2) is 25.1 Å². The number of anilines is 1. The Kier molecular flexibility index (Phi) is 7.32. The molecule has 7 heteroatoms. The number of furan rings is 1. The number of hydrogen-bond acceptors (Lipinski definition) is 6. The van der Waals surface area contributed by atoms with E-state index < -0.39 is 11.9 Å². The second kappa shape index (κ2) is 10.3. The van der Waals surface area contributed by atoms with Crippen LogP contribution in [-0.2, 0) is 16.1 Å². The van der Waals surface area contributed by atoms with Crippen LogP contribution in [0.3, 0.4) is 0 Å². The summed E-state index contributed by atoms with van der Waals surface area (Å²) < 4.78 is 21.6. The van der Waals surface area contributed by atoms with Gasteiger partial charge in [0.1, 0.15) is 23.9 Å². The van der Waals surface area contributed by atoms with Crippen LogP contribution in [0.5, 0.6) is 11.5 Å². The first-order valence-corrected chi connectivity index (χ1v) is 9.93. The van der Waals surface area contributed by atoms with Gasteiger partial charge in [-0.1, -0.05) is 23.8 Å². The minimum absolute atomic E-state index is 0.164. The molecule has 1 aromatic heterocycles. The lowest BCUT2D eigenvalue weighted by atomic mass is 10.1. The molecule has 3 rings (SSSR count). The number of carbonyl (C=O) groups is 2. The molecule has 0 unspecified atom stereocenters. The van der Waals surface area contributed by atoms with E-state index >= 15 is 0 Å². The van der Waals surface area contributed by atoms with Gasteiger partial charge in [0.2, 0.25) is 0 Å². The molecule has 0 spiro atoms. The molecule has 2 aromatic carbocycles. The molecule has 3 aromatic rings. The van der Waals surface area contributed by atoms with Crippen LogP contribution in [0.25, 0.3) is 0 Å². The highest BCUT2D eigenvalue weighted by Crippen LogP contribution is 2.22. The van der Waals surface area contributed by atoms with E-state index in [1.807, 2.05) is 32.0 Å². The van der Waals surface area contributed by atoms with E-state index in [1.54, 1.807) is 43.3 Å². The highest BCUT2D eigenvalue weighted by Gasteiger charge is 2.13. The van der Waals surface area contributed by atoms with Crippen molar-refractivity contribution in [2.24, 2.45) is 0 Å². The SMILES string of the molecule is CCOC(=O)COc1cccc(NC(=O)c2ccc(COc3ccc(C)cc3C)o2)c1. The van der Waals surface area contributed by atoms with Crippen molar-refractivity contribution >= 4 is 17.6 Å². The number of nitrogens with one attached hydrogen (secondary N) is 1. The molecule has 0 atom stereocenters. The molecule has 31 heavy (non-hydrogen) atoms. The molecule has 1 amide bonds. The fourth-order valence-electron chi connectivity index (χ4n) is 2.89. The molecular formula is C24H25NO6. The van der Waals surface area contributed by atoms with Crippen LogP contribution in [0, 0.1) is 13.8 Å². The summed E-state index contributed by atoms with van der Waals surface area (Å²) in [7, 11) is 0. The van der Waals surface area contributed by atoms with Gasteiger partial charge in [0.15, 0.2) is 12.4 Å². The molecule has 0 saturated heterocycles. The Bertz CT molecular complexity index is 1060. The number of carbonyl (C=O) groups excluding carboxylic acids is 2. The molecule has 1 heterocycles. The van der Waals surface area contributed by atoms with Crippen molar-refractivity contribution < 1.29 is 28.2 Å². The summed E-state index contributed by atoms with van der Waals surface area (Å²) in [5.41, 5.74) is 2.71. The average molecular weight is 423 g/mol. The first kappa shape index (κ1) is 22.0. The minimum Gasteiger partial charge on any atom is -0.485 e. The lowest BCUT2D eigenvalue weighted by Gasteiger charge is -2.09. The summed E-state index contributed by atoms with van der Waals surface area (Å²) in [6.07, 6.45) is 0. The van der Waals surface area contributed by atoms with Crippen molar-refractivity contribution in [3.05, 3.63) is 77.2 Å². The molecule has 0 radical (unpaired) electrons. The molecule has 0 aliphatic heterocycles. The van der Waals surface area contributed by atoms with Gasteiger partial charge in [-0.2, -0.15) is 0 Å². The van der Waals surface area contributed by atoms with Crippen LogP contribution in [0.1, 0.15) is 34.4 Å². The number of hydrogen-bond donors (Lipinski definition) is 1. The Balaban J connectivity index is 1.56. The maximum absolute atomic E-state index is 12.5. The van der Waals surface area contributed by atoms with Crippen LogP contribution >= 0.6 is 0 Å². The van der Waals surface area contributed by atoms with Crippen molar-refractivity contribution in [2.75, 3.05) is 18.5 Å². The van der Waals surface area contributed by atoms with Gasteiger partial charge in [0.25, 0.3) is 5.91 Å². The minimum atomic E-state index is -0.455. The highest BCUT2D eigenvalue weighted by molar-refractivity contribution is 6.02. The number of ether oxygens (including phenoxy) is 3. The second-order valence-electron chi connectivity index (χ2n) is 6.90. The Morgan fingerprint density at radius 3 is 2.61 bits per heavy atom. The Morgan fingerprint density at radius 1 is 1.00 bits per heavy atom. The van der Waals surface area contributed by atoms with Crippen LogP contribution in [0.2, 0.25) is 0 Å². The molecule has 7 nitrogen and oxygen atoms in total. The molecular weight excluding hydrogens is 398 g/mol. The predicted octanol–water partition coefficient (Wildman–Crippen LogP) is 4.67. The van der Waals surface area contributed by atoms with Gasteiger partial charge in [-0.05, 0) is 56.7 Å². The molecule has 162 valence electrons. The summed E-state index contributed by atoms with van der Waals surface area (Å²) in [6, 6.07) is 16.0. The first-order valence-electron chi connectivity index (χ1n) is 9.93. The first-order chi connectivity index (χ1) is 14.9. The molecule has 0 aliphatic carbocycles. The fourth-order valence-corrected chi connectivity index (χ4v) is 2.89. The van der Waals surface area contributed by atoms with Crippen LogP contribution in [0.4, 0.5) is 5.69 Å². The topological polar surface area (TPSA) is 87.0 Å². The molecule has 0 fully saturated rings. The zero-order chi connectivity index (χ0) is 22.2. The molecule has 1 N–H and O–H groups in total. The lowest BCUT2D eigenvalue weighted by molar-refractivity contribution is -0.145. The smallest absolute Gasteiger partial charge is 0.344 e. The van der Waals surface area contributed by atoms with Gasteiger partial charge in [0.05, 0.1) is 6.61 Å². The summed E-state index contributed by atoms with van der Waals surface area (Å²) in [6.45, 7) is 6.04. The van der Waals surface area contributed by atoms with Crippen molar-refractivity contribution in [2.45, 2.75) is 27.4 Å². The van der Waals surface area contributed by atoms with Crippen molar-refractivity contribution in [1.82, 2.24) is 0 Å². The van der Waals surface area contributed by atoms with Crippen molar-refractivity contribution in [3.63, 3.8) is 0 Å². The van der Waals surface area contributed by atoms with E-state index in [9.17, 15) is 9.59 Å². The standard InChI is InChI=1S/C24H25NO6/c1-4-28-23(26)15-29-19-7-5-6-18(13-19)25-24(27)22-11-9-20(31-22)14-30-21-10-8-16(2)12-17(21)3/h5-13H,4,14-15H2,1-3H3,(H,25,27). The van der Waals surface area contributed by atoms with Gasteiger partial charge in [-0.15, -0.1) is 0 Å². The van der Waals surface area contributed by atoms with E-state index in [4.69, 9.17) is 18.6 Å². The number of aryl methyl sites for hydroxylation is 2. The van der Waals surface area contributed by atoms with Gasteiger partial charge in [-0.3, -0.25) is 4.79 Å². The van der Waals surface area contributed by atoms with Crippen LogP contribution in [0.15, 0.2) is 59.0 Å². The molecule has 0 saturated carbocycles. The summed E-state index contributed by atoms with van der Waals surface area (Å²) in [5, 5.41) is 2.74. The normalized spacial score (nSPS) is 10.4. The van der Waals surface area contributed by atoms with E-state index in [2.05, 4.69) is 5.32 Å². The third kappa shape index (κ3) is 6.37. The third-order valence-electron chi connectivity index (χ3n) is 4.34. The monoisotopic (exact) mass is 423 g/mol. The molecule has 0 bridgehead atoms. The van der Waals surface area contributed by atoms with Crippen molar-refractivity contribution in [3.8, 4) is 11.5 Å². The Hall–Kier alpha value is -3.74. The van der Waals surface area contributed by atoms with E-state index in [-0.39, 0.29) is 19.0 Å². The number of amides is 1. The summed E-state index contributed by atoms with van der Waals surface area (Å²) in [5.74, 6) is 1.05. The quantitative estimate of drug-likeness (QED) is 0.503. The maximum atomic E-state index is 12.5.